The van der Waals surface area contributed by atoms with Crippen molar-refractivity contribution in [2.75, 3.05) is 6.61 Å². The van der Waals surface area contributed by atoms with E-state index in [1.807, 2.05) is 0 Å². The second-order valence-corrected chi connectivity index (χ2v) is 4.77. The quantitative estimate of drug-likeness (QED) is 0.786. The lowest BCUT2D eigenvalue weighted by atomic mass is 9.96. The van der Waals surface area contributed by atoms with Crippen molar-refractivity contribution in [3.05, 3.63) is 22.4 Å². The molecule has 2 nitrogen and oxygen atoms in total. The molecule has 1 aromatic rings. The molecule has 2 rings (SSSR count). The summed E-state index contributed by atoms with van der Waals surface area (Å²) < 4.78 is 5.76. The van der Waals surface area contributed by atoms with Gasteiger partial charge in [0.15, 0.2) is 0 Å². The minimum atomic E-state index is 0.321. The average molecular weight is 224 g/mol. The van der Waals surface area contributed by atoms with E-state index in [0.717, 1.165) is 25.9 Å². The largest absolute Gasteiger partial charge is 0.378 e. The summed E-state index contributed by atoms with van der Waals surface area (Å²) in [5, 5.41) is 4.25. The van der Waals surface area contributed by atoms with Crippen LogP contribution in [0.15, 0.2) is 16.8 Å². The molecule has 1 saturated carbocycles. The lowest BCUT2D eigenvalue weighted by Gasteiger charge is -2.21. The van der Waals surface area contributed by atoms with Crippen LogP contribution in [0.25, 0.3) is 0 Å². The Morgan fingerprint density at radius 3 is 2.87 bits per heavy atom. The fraction of sp³-hybridized carbons (Fsp3) is 0.583. The fourth-order valence-electron chi connectivity index (χ4n) is 1.86. The zero-order chi connectivity index (χ0) is 10.5. The molecule has 0 spiro atoms. The first kappa shape index (κ1) is 10.8. The number of hydrogen-bond acceptors (Lipinski definition) is 3. The maximum Gasteiger partial charge on any atom is 0.133 e. The second-order valence-electron chi connectivity index (χ2n) is 3.99. The molecule has 1 heterocycles. The van der Waals surface area contributed by atoms with Crippen molar-refractivity contribution in [1.82, 2.24) is 0 Å². The van der Waals surface area contributed by atoms with Gasteiger partial charge in [-0.3, -0.25) is 4.79 Å². The van der Waals surface area contributed by atoms with E-state index in [4.69, 9.17) is 4.74 Å². The summed E-state index contributed by atoms with van der Waals surface area (Å²) in [6.45, 7) is 0.787. The van der Waals surface area contributed by atoms with Crippen molar-refractivity contribution in [3.8, 4) is 0 Å². The van der Waals surface area contributed by atoms with Gasteiger partial charge in [-0.05, 0) is 41.7 Å². The maximum atomic E-state index is 11.0. The molecule has 0 N–H and O–H groups in total. The number of carbonyl (C=O) groups is 1. The second kappa shape index (κ2) is 5.42. The molecule has 1 aliphatic carbocycles. The highest BCUT2D eigenvalue weighted by molar-refractivity contribution is 7.07. The number of hydrogen-bond donors (Lipinski definition) is 0. The molecule has 0 saturated heterocycles. The topological polar surface area (TPSA) is 26.3 Å². The Morgan fingerprint density at radius 1 is 1.40 bits per heavy atom. The molecule has 0 aromatic carbocycles. The predicted molar refractivity (Wildman–Crippen MR) is 61.2 cm³/mol. The van der Waals surface area contributed by atoms with Gasteiger partial charge in [-0.25, -0.2) is 0 Å². The first-order chi connectivity index (χ1) is 7.34. The molecule has 82 valence electrons. The van der Waals surface area contributed by atoms with E-state index in [2.05, 4.69) is 16.8 Å². The number of carbonyl (C=O) groups excluding carboxylic acids is 1. The first-order valence-corrected chi connectivity index (χ1v) is 6.43. The third-order valence-corrected chi connectivity index (χ3v) is 3.55. The monoisotopic (exact) mass is 224 g/mol. The third-order valence-electron chi connectivity index (χ3n) is 2.81. The summed E-state index contributed by atoms with van der Waals surface area (Å²) in [7, 11) is 0. The van der Waals surface area contributed by atoms with Gasteiger partial charge < -0.3 is 4.74 Å². The highest BCUT2D eigenvalue weighted by Gasteiger charge is 2.18. The minimum Gasteiger partial charge on any atom is -0.378 e. The molecule has 0 amide bonds. The minimum absolute atomic E-state index is 0.321. The molecule has 0 bridgehead atoms. The van der Waals surface area contributed by atoms with Gasteiger partial charge in [0, 0.05) is 12.8 Å². The van der Waals surface area contributed by atoms with E-state index >= 15 is 0 Å². The summed E-state index contributed by atoms with van der Waals surface area (Å²) in [4.78, 5) is 11.0. The molecule has 15 heavy (non-hydrogen) atoms. The van der Waals surface area contributed by atoms with Crippen LogP contribution < -0.4 is 0 Å². The first-order valence-electron chi connectivity index (χ1n) is 5.49. The summed E-state index contributed by atoms with van der Waals surface area (Å²) in [6.07, 6.45) is 4.58. The maximum absolute atomic E-state index is 11.0. The van der Waals surface area contributed by atoms with E-state index in [1.165, 1.54) is 5.56 Å². The van der Waals surface area contributed by atoms with Crippen LogP contribution in [0.3, 0.4) is 0 Å². The van der Waals surface area contributed by atoms with Crippen molar-refractivity contribution in [2.45, 2.75) is 38.2 Å². The van der Waals surface area contributed by atoms with Crippen molar-refractivity contribution in [3.63, 3.8) is 0 Å². The predicted octanol–water partition coefficient (Wildman–Crippen LogP) is 2.82. The summed E-state index contributed by atoms with van der Waals surface area (Å²) >= 11 is 1.73. The van der Waals surface area contributed by atoms with Gasteiger partial charge in [0.05, 0.1) is 12.7 Å². The van der Waals surface area contributed by atoms with E-state index in [-0.39, 0.29) is 0 Å². The molecule has 1 aliphatic rings. The Labute approximate surface area is 94.3 Å². The Kier molecular flexibility index (Phi) is 3.92. The van der Waals surface area contributed by atoms with Gasteiger partial charge >= 0.3 is 0 Å². The van der Waals surface area contributed by atoms with Crippen LogP contribution in [-0.2, 0) is 16.0 Å². The number of Topliss-reactive ketones (excluding diaryl/α,β-unsaturated/α-hetero) is 1. The zero-order valence-corrected chi connectivity index (χ0v) is 9.59. The molecule has 1 aromatic heterocycles. The van der Waals surface area contributed by atoms with Gasteiger partial charge in [0.25, 0.3) is 0 Å². The van der Waals surface area contributed by atoms with Crippen molar-refractivity contribution in [2.24, 2.45) is 0 Å². The molecule has 0 aliphatic heterocycles. The van der Waals surface area contributed by atoms with Gasteiger partial charge in [-0.1, -0.05) is 0 Å². The van der Waals surface area contributed by atoms with E-state index in [9.17, 15) is 4.79 Å². The highest BCUT2D eigenvalue weighted by atomic mass is 32.1. The van der Waals surface area contributed by atoms with Gasteiger partial charge in [-0.2, -0.15) is 11.3 Å². The smallest absolute Gasteiger partial charge is 0.133 e. The normalized spacial score (nSPS) is 18.3. The Hall–Kier alpha value is -0.670. The number of ether oxygens (including phenoxy) is 1. The van der Waals surface area contributed by atoms with Gasteiger partial charge in [-0.15, -0.1) is 0 Å². The van der Waals surface area contributed by atoms with Crippen molar-refractivity contribution >= 4 is 17.1 Å². The molecule has 0 radical (unpaired) electrons. The number of rotatable bonds is 4. The standard InChI is InChI=1S/C12H16O2S/c13-11-1-3-12(4-2-11)14-7-5-10-6-8-15-9-10/h6,8-9,12H,1-5,7H2. The summed E-state index contributed by atoms with van der Waals surface area (Å²) in [5.41, 5.74) is 1.35. The number of thiophene rings is 1. The van der Waals surface area contributed by atoms with Crippen LogP contribution in [0.5, 0.6) is 0 Å². The lowest BCUT2D eigenvalue weighted by molar-refractivity contribution is -0.122. The molecule has 3 heteroatoms. The molecule has 0 unspecified atom stereocenters. The van der Waals surface area contributed by atoms with Crippen LogP contribution in [-0.4, -0.2) is 18.5 Å². The highest BCUT2D eigenvalue weighted by Crippen LogP contribution is 2.18. The zero-order valence-electron chi connectivity index (χ0n) is 8.78. The molecular weight excluding hydrogens is 208 g/mol. The van der Waals surface area contributed by atoms with E-state index in [0.29, 0.717) is 24.7 Å². The molecule has 0 atom stereocenters. The van der Waals surface area contributed by atoms with Crippen molar-refractivity contribution < 1.29 is 9.53 Å². The third kappa shape index (κ3) is 3.43. The van der Waals surface area contributed by atoms with Gasteiger partial charge in [0.1, 0.15) is 5.78 Å². The van der Waals surface area contributed by atoms with Crippen LogP contribution >= 0.6 is 11.3 Å². The molecule has 1 fully saturated rings. The average Bonchev–Trinajstić information content (AvgIpc) is 2.74. The van der Waals surface area contributed by atoms with E-state index < -0.39 is 0 Å². The SMILES string of the molecule is O=C1CCC(OCCc2ccsc2)CC1. The van der Waals surface area contributed by atoms with Crippen LogP contribution in [0.2, 0.25) is 0 Å². The van der Waals surface area contributed by atoms with E-state index in [1.54, 1.807) is 11.3 Å². The lowest BCUT2D eigenvalue weighted by Crippen LogP contribution is -2.22. The van der Waals surface area contributed by atoms with Gasteiger partial charge in [0.2, 0.25) is 0 Å². The van der Waals surface area contributed by atoms with Crippen LogP contribution in [0.4, 0.5) is 0 Å². The van der Waals surface area contributed by atoms with Crippen molar-refractivity contribution in [1.29, 1.82) is 0 Å². The molecular formula is C12H16O2S. The van der Waals surface area contributed by atoms with Crippen LogP contribution in [0.1, 0.15) is 31.2 Å². The Bertz CT molecular complexity index is 295. The Balaban J connectivity index is 1.64. The summed E-state index contributed by atoms with van der Waals surface area (Å²) in [5.74, 6) is 0.396. The Morgan fingerprint density at radius 2 is 2.20 bits per heavy atom. The van der Waals surface area contributed by atoms with Crippen LogP contribution in [0, 0.1) is 0 Å². The summed E-state index contributed by atoms with van der Waals surface area (Å²) in [6, 6.07) is 2.14. The number of ketones is 1. The fourth-order valence-corrected chi connectivity index (χ4v) is 2.56.